The molecule has 1 N–H and O–H groups in total. The van der Waals surface area contributed by atoms with Gasteiger partial charge in [-0.2, -0.15) is 8.42 Å². The van der Waals surface area contributed by atoms with Gasteiger partial charge in [-0.15, -0.1) is 0 Å². The molecule has 5 rings (SSSR count). The molecule has 3 aromatic carbocycles. The van der Waals surface area contributed by atoms with Crippen LogP contribution in [0.15, 0.2) is 95.9 Å². The molecule has 0 bridgehead atoms. The summed E-state index contributed by atoms with van der Waals surface area (Å²) in [6.45, 7) is 7.48. The quantitative estimate of drug-likeness (QED) is 0.202. The summed E-state index contributed by atoms with van der Waals surface area (Å²) in [6, 6.07) is 25.8. The number of ether oxygens (including phenoxy) is 2. The maximum Gasteiger partial charge on any atom is 0.417 e. The average Bonchev–Trinajstić information content (AvgIpc) is 3.02. The van der Waals surface area contributed by atoms with Crippen LogP contribution in [0.25, 0.3) is 11.4 Å². The third-order valence-corrected chi connectivity index (χ3v) is 8.75. The van der Waals surface area contributed by atoms with Crippen LogP contribution >= 0.6 is 0 Å². The van der Waals surface area contributed by atoms with Crippen molar-refractivity contribution in [3.63, 3.8) is 0 Å². The predicted molar refractivity (Wildman–Crippen MR) is 168 cm³/mol. The number of benzene rings is 3. The first-order chi connectivity index (χ1) is 21.2. The second-order valence-electron chi connectivity index (χ2n) is 10.8. The topological polar surface area (TPSA) is 120 Å². The van der Waals surface area contributed by atoms with Crippen molar-refractivity contribution in [3.8, 4) is 17.1 Å². The summed E-state index contributed by atoms with van der Waals surface area (Å²) < 4.78 is 43.7. The van der Waals surface area contributed by atoms with Gasteiger partial charge in [-0.25, -0.2) is 14.8 Å². The number of carbonyl (C=O) groups is 1. The number of aromatic nitrogens is 2. The largest absolute Gasteiger partial charge is 0.417 e. The Morgan fingerprint density at radius 2 is 1.70 bits per heavy atom. The minimum Gasteiger partial charge on any atom is -0.410 e. The van der Waals surface area contributed by atoms with E-state index < -0.39 is 21.8 Å². The van der Waals surface area contributed by atoms with Crippen LogP contribution in [-0.2, 0) is 24.6 Å². The number of para-hydroxylation sites is 1. The molecule has 44 heavy (non-hydrogen) atoms. The average molecular weight is 617 g/mol. The number of nitrogens with zero attached hydrogens (tertiary/aromatic N) is 3. The lowest BCUT2D eigenvalue weighted by atomic mass is 9.95. The molecular formula is C33H36N4O6S. The van der Waals surface area contributed by atoms with Gasteiger partial charge < -0.3 is 14.4 Å². The summed E-state index contributed by atoms with van der Waals surface area (Å²) in [7, 11) is -4.10. The van der Waals surface area contributed by atoms with Crippen LogP contribution in [0.1, 0.15) is 39.3 Å². The fraction of sp³-hybridized carbons (Fsp3) is 0.303. The van der Waals surface area contributed by atoms with E-state index in [4.69, 9.17) is 23.6 Å². The van der Waals surface area contributed by atoms with Crippen molar-refractivity contribution in [1.82, 2.24) is 9.97 Å². The second-order valence-corrected chi connectivity index (χ2v) is 12.3. The second kappa shape index (κ2) is 13.5. The van der Waals surface area contributed by atoms with E-state index in [1.807, 2.05) is 19.1 Å². The molecule has 1 aromatic heterocycles. The van der Waals surface area contributed by atoms with Gasteiger partial charge in [-0.1, -0.05) is 49.7 Å². The van der Waals surface area contributed by atoms with Gasteiger partial charge >= 0.3 is 6.09 Å². The molecule has 1 amide bonds. The lowest BCUT2D eigenvalue weighted by Crippen LogP contribution is -2.44. The maximum atomic E-state index is 13.4. The molecule has 1 aliphatic heterocycles. The van der Waals surface area contributed by atoms with Crippen LogP contribution < -0.4 is 15.0 Å². The monoisotopic (exact) mass is 616 g/mol. The van der Waals surface area contributed by atoms with Crippen molar-refractivity contribution in [2.75, 3.05) is 30.0 Å². The number of morpholine rings is 1. The van der Waals surface area contributed by atoms with Gasteiger partial charge in [0.05, 0.1) is 29.8 Å². The smallest absolute Gasteiger partial charge is 0.410 e. The van der Waals surface area contributed by atoms with Gasteiger partial charge in [0, 0.05) is 23.9 Å². The number of hydrogen-bond acceptors (Lipinski definition) is 9. The highest BCUT2D eigenvalue weighted by molar-refractivity contribution is 7.86. The lowest BCUT2D eigenvalue weighted by molar-refractivity contribution is 0.0793. The highest BCUT2D eigenvalue weighted by atomic mass is 32.2. The maximum absolute atomic E-state index is 13.4. The van der Waals surface area contributed by atoms with Crippen LogP contribution in [-0.4, -0.2) is 50.3 Å². The zero-order valence-electron chi connectivity index (χ0n) is 25.0. The van der Waals surface area contributed by atoms with Crippen LogP contribution in [0, 0.1) is 0 Å². The van der Waals surface area contributed by atoms with Gasteiger partial charge in [-0.3, -0.25) is 9.50 Å². The first-order valence-electron chi connectivity index (χ1n) is 14.6. The Bertz CT molecular complexity index is 1670. The Morgan fingerprint density at radius 1 is 1.02 bits per heavy atom. The molecule has 2 heterocycles. The highest BCUT2D eigenvalue weighted by Gasteiger charge is 2.37. The minimum absolute atomic E-state index is 0.0490. The normalized spacial score (nSPS) is 16.6. The Kier molecular flexibility index (Phi) is 9.58. The van der Waals surface area contributed by atoms with Gasteiger partial charge in [0.25, 0.3) is 10.1 Å². The summed E-state index contributed by atoms with van der Waals surface area (Å²) >= 11 is 0. The van der Waals surface area contributed by atoms with Gasteiger partial charge in [0.2, 0.25) is 0 Å². The predicted octanol–water partition coefficient (Wildman–Crippen LogP) is 6.40. The molecule has 230 valence electrons. The number of nitrogens with one attached hydrogen (secondary N) is 1. The van der Waals surface area contributed by atoms with Gasteiger partial charge in [0.15, 0.2) is 5.82 Å². The first-order valence-corrected chi connectivity index (χ1v) is 16.0. The van der Waals surface area contributed by atoms with Gasteiger partial charge in [-0.05, 0) is 68.8 Å². The molecule has 1 fully saturated rings. The molecule has 1 unspecified atom stereocenters. The summed E-state index contributed by atoms with van der Waals surface area (Å²) in [4.78, 5) is 24.4. The molecule has 0 spiro atoms. The summed E-state index contributed by atoms with van der Waals surface area (Å²) in [5, 5.41) is 2.72. The number of amides is 1. The van der Waals surface area contributed by atoms with E-state index in [0.29, 0.717) is 66.9 Å². The van der Waals surface area contributed by atoms with E-state index in [-0.39, 0.29) is 10.9 Å². The first kappa shape index (κ1) is 31.1. The number of hydrogen-bond donors (Lipinski definition) is 1. The molecular weight excluding hydrogens is 580 g/mol. The summed E-state index contributed by atoms with van der Waals surface area (Å²) in [5.41, 5.74) is 0.390. The highest BCUT2D eigenvalue weighted by Crippen LogP contribution is 2.36. The molecule has 0 aliphatic carbocycles. The SMILES string of the molecule is CCCC(C)(OS(=O)(=O)c1ccccc1)c1cc(N2CCOC[C@@H]2C)nc(-c2ccc(NC(=O)Oc3ccccc3)cc2)n1. The zero-order chi connectivity index (χ0) is 31.2. The third kappa shape index (κ3) is 7.42. The third-order valence-electron chi connectivity index (χ3n) is 7.31. The van der Waals surface area contributed by atoms with Crippen molar-refractivity contribution in [2.45, 2.75) is 50.2 Å². The van der Waals surface area contributed by atoms with E-state index in [9.17, 15) is 13.2 Å². The fourth-order valence-corrected chi connectivity index (χ4v) is 6.30. The van der Waals surface area contributed by atoms with E-state index in [1.54, 1.807) is 73.7 Å². The van der Waals surface area contributed by atoms with Crippen LogP contribution in [0.4, 0.5) is 16.3 Å². The molecule has 1 saturated heterocycles. The lowest BCUT2D eigenvalue weighted by Gasteiger charge is -2.35. The van der Waals surface area contributed by atoms with Crippen LogP contribution in [0.3, 0.4) is 0 Å². The summed E-state index contributed by atoms with van der Waals surface area (Å²) in [6.07, 6.45) is 0.445. The minimum atomic E-state index is -4.10. The van der Waals surface area contributed by atoms with E-state index >= 15 is 0 Å². The fourth-order valence-electron chi connectivity index (χ4n) is 5.06. The molecule has 4 aromatic rings. The molecule has 11 heteroatoms. The van der Waals surface area contributed by atoms with Crippen molar-refractivity contribution < 1.29 is 26.9 Å². The van der Waals surface area contributed by atoms with Crippen LogP contribution in [0.5, 0.6) is 5.75 Å². The number of rotatable bonds is 10. The molecule has 10 nitrogen and oxygen atoms in total. The van der Waals surface area contributed by atoms with E-state index in [1.165, 1.54) is 12.1 Å². The van der Waals surface area contributed by atoms with E-state index in [2.05, 4.69) is 17.1 Å². The molecule has 0 radical (unpaired) electrons. The van der Waals surface area contributed by atoms with Crippen molar-refractivity contribution in [3.05, 3.63) is 96.7 Å². The number of anilines is 2. The zero-order valence-corrected chi connectivity index (χ0v) is 25.8. The Hall–Kier alpha value is -4.32. The van der Waals surface area contributed by atoms with E-state index in [0.717, 1.165) is 0 Å². The van der Waals surface area contributed by atoms with Crippen molar-refractivity contribution in [2.24, 2.45) is 0 Å². The molecule has 2 atom stereocenters. The van der Waals surface area contributed by atoms with Crippen LogP contribution in [0.2, 0.25) is 0 Å². The molecule has 0 saturated carbocycles. The Balaban J connectivity index is 1.49. The van der Waals surface area contributed by atoms with Crippen molar-refractivity contribution >= 4 is 27.7 Å². The van der Waals surface area contributed by atoms with Gasteiger partial charge in [0.1, 0.15) is 17.2 Å². The van der Waals surface area contributed by atoms with Crippen molar-refractivity contribution in [1.29, 1.82) is 0 Å². The Morgan fingerprint density at radius 3 is 2.36 bits per heavy atom. The summed E-state index contributed by atoms with van der Waals surface area (Å²) in [5.74, 6) is 1.48. The molecule has 1 aliphatic rings. The standard InChI is InChI=1S/C33H36N4O6S/c1-4-19-33(3,43-44(39,40)28-13-9-6-10-14-28)29-22-30(37-20-21-41-23-24(37)2)36-31(35-29)25-15-17-26(18-16-25)34-32(38)42-27-11-7-5-8-12-27/h5-18,22,24H,4,19-21,23H2,1-3H3,(H,34,38)/t24-,33?/m0/s1. The Labute approximate surface area is 258 Å². The number of carbonyl (C=O) groups excluding carboxylic acids is 1.